The summed E-state index contributed by atoms with van der Waals surface area (Å²) in [5.74, 6) is 0.657. The molecule has 0 spiro atoms. The number of carbonyl (C=O) groups is 1. The monoisotopic (exact) mass is 273 g/mol. The van der Waals surface area contributed by atoms with Gasteiger partial charge in [-0.05, 0) is 42.0 Å². The van der Waals surface area contributed by atoms with Gasteiger partial charge >= 0.3 is 5.97 Å². The summed E-state index contributed by atoms with van der Waals surface area (Å²) in [6.07, 6.45) is 4.12. The third kappa shape index (κ3) is 4.20. The first-order valence-electron chi connectivity index (χ1n) is 7.27. The maximum atomic E-state index is 10.5. The summed E-state index contributed by atoms with van der Waals surface area (Å²) < 4.78 is 0. The summed E-state index contributed by atoms with van der Waals surface area (Å²) in [6.45, 7) is 7.89. The first-order valence-corrected chi connectivity index (χ1v) is 7.27. The van der Waals surface area contributed by atoms with Crippen LogP contribution in [0.5, 0.6) is 0 Å². The van der Waals surface area contributed by atoms with Gasteiger partial charge in [-0.2, -0.15) is 0 Å². The average molecular weight is 273 g/mol. The molecule has 2 rings (SSSR count). The summed E-state index contributed by atoms with van der Waals surface area (Å²) in [5, 5.41) is 8.66. The maximum Gasteiger partial charge on any atom is 0.328 e. The molecule has 1 aliphatic heterocycles. The van der Waals surface area contributed by atoms with Crippen molar-refractivity contribution in [1.29, 1.82) is 0 Å². The Labute approximate surface area is 120 Å². The maximum absolute atomic E-state index is 10.5. The van der Waals surface area contributed by atoms with Gasteiger partial charge in [0.1, 0.15) is 0 Å². The fourth-order valence-corrected chi connectivity index (χ4v) is 2.77. The second-order valence-corrected chi connectivity index (χ2v) is 5.94. The molecule has 0 aromatic heterocycles. The molecule has 1 unspecified atom stereocenters. The van der Waals surface area contributed by atoms with E-state index in [1.165, 1.54) is 24.6 Å². The van der Waals surface area contributed by atoms with E-state index in [0.29, 0.717) is 0 Å². The number of carboxylic acids is 1. The van der Waals surface area contributed by atoms with Gasteiger partial charge < -0.3 is 5.11 Å². The van der Waals surface area contributed by atoms with E-state index >= 15 is 0 Å². The minimum absolute atomic E-state index is 0.754. The normalized spacial score (nSPS) is 20.1. The fourth-order valence-electron chi connectivity index (χ4n) is 2.77. The fraction of sp³-hybridized carbons (Fsp3) is 0.471. The molecule has 3 heteroatoms. The smallest absolute Gasteiger partial charge is 0.328 e. The number of nitrogens with zero attached hydrogens (tertiary/aromatic N) is 1. The molecule has 1 heterocycles. The molecular weight excluding hydrogens is 250 g/mol. The van der Waals surface area contributed by atoms with Crippen molar-refractivity contribution in [1.82, 2.24) is 4.90 Å². The van der Waals surface area contributed by atoms with Crippen LogP contribution >= 0.6 is 0 Å². The molecule has 1 atom stereocenters. The van der Waals surface area contributed by atoms with Gasteiger partial charge in [0, 0.05) is 19.2 Å². The second kappa shape index (κ2) is 6.71. The molecule has 0 aliphatic carbocycles. The minimum Gasteiger partial charge on any atom is -0.478 e. The quantitative estimate of drug-likeness (QED) is 0.837. The molecule has 20 heavy (non-hydrogen) atoms. The van der Waals surface area contributed by atoms with Gasteiger partial charge in [0.2, 0.25) is 0 Å². The van der Waals surface area contributed by atoms with Gasteiger partial charge in [-0.25, -0.2) is 4.79 Å². The Bertz CT molecular complexity index is 494. The van der Waals surface area contributed by atoms with Crippen LogP contribution in [-0.2, 0) is 11.3 Å². The molecule has 1 aromatic carbocycles. The van der Waals surface area contributed by atoms with Crippen molar-refractivity contribution >= 4 is 12.0 Å². The zero-order chi connectivity index (χ0) is 14.5. The molecule has 3 nitrogen and oxygen atoms in total. The summed E-state index contributed by atoms with van der Waals surface area (Å²) in [4.78, 5) is 13.0. The number of likely N-dealkylation sites (tertiary alicyclic amines) is 1. The average Bonchev–Trinajstić information content (AvgIpc) is 2.85. The predicted octanol–water partition coefficient (Wildman–Crippen LogP) is 3.26. The van der Waals surface area contributed by atoms with Crippen molar-refractivity contribution in [3.05, 3.63) is 41.5 Å². The third-order valence-corrected chi connectivity index (χ3v) is 4.03. The van der Waals surface area contributed by atoms with Crippen molar-refractivity contribution in [3.8, 4) is 0 Å². The highest BCUT2D eigenvalue weighted by Gasteiger charge is 2.24. The highest BCUT2D eigenvalue weighted by molar-refractivity contribution is 5.85. The van der Waals surface area contributed by atoms with Crippen molar-refractivity contribution < 1.29 is 9.90 Å². The topological polar surface area (TPSA) is 40.5 Å². The number of hydrogen-bond acceptors (Lipinski definition) is 2. The van der Waals surface area contributed by atoms with E-state index in [0.717, 1.165) is 30.5 Å². The Morgan fingerprint density at radius 2 is 2.30 bits per heavy atom. The minimum atomic E-state index is -0.908. The summed E-state index contributed by atoms with van der Waals surface area (Å²) in [7, 11) is 0. The molecule has 108 valence electrons. The zero-order valence-electron chi connectivity index (χ0n) is 12.2. The van der Waals surface area contributed by atoms with Gasteiger partial charge in [-0.1, -0.05) is 38.1 Å². The van der Waals surface area contributed by atoms with Crippen LogP contribution < -0.4 is 0 Å². The number of rotatable bonds is 5. The molecule has 0 saturated carbocycles. The van der Waals surface area contributed by atoms with Crippen molar-refractivity contribution in [2.45, 2.75) is 26.8 Å². The Balaban J connectivity index is 1.97. The van der Waals surface area contributed by atoms with Crippen LogP contribution in [0.2, 0.25) is 0 Å². The lowest BCUT2D eigenvalue weighted by Gasteiger charge is -2.18. The second-order valence-electron chi connectivity index (χ2n) is 5.94. The number of carboxylic acid groups (broad SMARTS) is 1. The highest BCUT2D eigenvalue weighted by Crippen LogP contribution is 2.25. The van der Waals surface area contributed by atoms with Gasteiger partial charge in [-0.3, -0.25) is 4.90 Å². The van der Waals surface area contributed by atoms with E-state index in [-0.39, 0.29) is 0 Å². The van der Waals surface area contributed by atoms with Crippen molar-refractivity contribution in [2.75, 3.05) is 13.1 Å². The Kier molecular flexibility index (Phi) is 4.96. The molecule has 0 bridgehead atoms. The molecule has 1 N–H and O–H groups in total. The molecule has 1 saturated heterocycles. The molecular formula is C17H23NO2. The SMILES string of the molecule is CC(C)C1CCN(Cc2cccc(/C=C/C(=O)O)c2)C1. The van der Waals surface area contributed by atoms with E-state index in [9.17, 15) is 4.79 Å². The van der Waals surface area contributed by atoms with E-state index in [1.807, 2.05) is 12.1 Å². The van der Waals surface area contributed by atoms with E-state index in [4.69, 9.17) is 5.11 Å². The summed E-state index contributed by atoms with van der Waals surface area (Å²) >= 11 is 0. The zero-order valence-corrected chi connectivity index (χ0v) is 12.2. The molecule has 1 aromatic rings. The van der Waals surface area contributed by atoms with Crippen LogP contribution in [0, 0.1) is 11.8 Å². The number of hydrogen-bond donors (Lipinski definition) is 1. The van der Waals surface area contributed by atoms with Gasteiger partial charge in [-0.15, -0.1) is 0 Å². The van der Waals surface area contributed by atoms with Crippen molar-refractivity contribution in [3.63, 3.8) is 0 Å². The number of benzene rings is 1. The molecule has 0 amide bonds. The van der Waals surface area contributed by atoms with Crippen LogP contribution in [0.15, 0.2) is 30.3 Å². The predicted molar refractivity (Wildman–Crippen MR) is 81.3 cm³/mol. The largest absolute Gasteiger partial charge is 0.478 e. The Morgan fingerprint density at radius 3 is 2.95 bits per heavy atom. The Hall–Kier alpha value is -1.61. The molecule has 1 aliphatic rings. The summed E-state index contributed by atoms with van der Waals surface area (Å²) in [5.41, 5.74) is 2.20. The number of aliphatic carboxylic acids is 1. The third-order valence-electron chi connectivity index (χ3n) is 4.03. The van der Waals surface area contributed by atoms with Crippen LogP contribution in [0.3, 0.4) is 0 Å². The van der Waals surface area contributed by atoms with E-state index in [1.54, 1.807) is 6.08 Å². The van der Waals surface area contributed by atoms with Crippen molar-refractivity contribution in [2.24, 2.45) is 11.8 Å². The lowest BCUT2D eigenvalue weighted by atomic mass is 9.95. The molecule has 1 fully saturated rings. The van der Waals surface area contributed by atoms with Crippen LogP contribution in [0.4, 0.5) is 0 Å². The van der Waals surface area contributed by atoms with E-state index in [2.05, 4.69) is 30.9 Å². The lowest BCUT2D eigenvalue weighted by Crippen LogP contribution is -2.21. The van der Waals surface area contributed by atoms with Crippen LogP contribution in [-0.4, -0.2) is 29.1 Å². The first-order chi connectivity index (χ1) is 9.54. The molecule has 0 radical (unpaired) electrons. The first kappa shape index (κ1) is 14.8. The highest BCUT2D eigenvalue weighted by atomic mass is 16.4. The van der Waals surface area contributed by atoms with Gasteiger partial charge in [0.05, 0.1) is 0 Å². The van der Waals surface area contributed by atoms with Gasteiger partial charge in [0.25, 0.3) is 0 Å². The van der Waals surface area contributed by atoms with Crippen LogP contribution in [0.25, 0.3) is 6.08 Å². The van der Waals surface area contributed by atoms with Gasteiger partial charge in [0.15, 0.2) is 0 Å². The van der Waals surface area contributed by atoms with Crippen LogP contribution in [0.1, 0.15) is 31.4 Å². The lowest BCUT2D eigenvalue weighted by molar-refractivity contribution is -0.131. The standard InChI is InChI=1S/C17H23NO2/c1-13(2)16-8-9-18(12-16)11-15-5-3-4-14(10-15)6-7-17(19)20/h3-7,10,13,16H,8-9,11-12H2,1-2H3,(H,19,20)/b7-6+. The summed E-state index contributed by atoms with van der Waals surface area (Å²) in [6, 6.07) is 8.11. The van der Waals surface area contributed by atoms with E-state index < -0.39 is 5.97 Å². The Morgan fingerprint density at radius 1 is 1.50 bits per heavy atom.